The molecule has 3 aromatic rings. The highest BCUT2D eigenvalue weighted by molar-refractivity contribution is 7.09. The number of aromatic nitrogens is 1. The van der Waals surface area contributed by atoms with Crippen LogP contribution in [-0.4, -0.2) is 18.2 Å². The maximum Gasteiger partial charge on any atom is 0.166 e. The molecule has 2 heterocycles. The molecule has 0 radical (unpaired) electrons. The van der Waals surface area contributed by atoms with E-state index in [1.807, 2.05) is 23.7 Å². The van der Waals surface area contributed by atoms with Gasteiger partial charge >= 0.3 is 0 Å². The summed E-state index contributed by atoms with van der Waals surface area (Å²) in [6, 6.07) is 8.52. The molecule has 4 nitrogen and oxygen atoms in total. The first-order valence-corrected chi connectivity index (χ1v) is 11.6. The molecule has 1 N–H and O–H groups in total. The van der Waals surface area contributed by atoms with Crippen molar-refractivity contribution in [2.45, 2.75) is 50.8 Å². The molecule has 1 aliphatic carbocycles. The lowest BCUT2D eigenvalue weighted by Gasteiger charge is -2.21. The maximum absolute atomic E-state index is 6.38. The van der Waals surface area contributed by atoms with E-state index in [9.17, 15) is 0 Å². The molecule has 1 fully saturated rings. The van der Waals surface area contributed by atoms with Crippen molar-refractivity contribution in [1.82, 2.24) is 10.3 Å². The Labute approximate surface area is 174 Å². The summed E-state index contributed by atoms with van der Waals surface area (Å²) in [4.78, 5) is 4.55. The second kappa shape index (κ2) is 9.54. The van der Waals surface area contributed by atoms with E-state index in [0.717, 1.165) is 41.3 Å². The van der Waals surface area contributed by atoms with Gasteiger partial charge in [0.25, 0.3) is 0 Å². The number of nitrogens with zero attached hydrogens (tertiary/aromatic N) is 1. The number of hydrogen-bond donors (Lipinski definition) is 1. The van der Waals surface area contributed by atoms with Crippen LogP contribution in [-0.2, 0) is 13.0 Å². The monoisotopic (exact) mass is 414 g/mol. The minimum absolute atomic E-state index is 0.181. The van der Waals surface area contributed by atoms with Crippen molar-refractivity contribution in [3.05, 3.63) is 62.7 Å². The number of thiophene rings is 1. The summed E-state index contributed by atoms with van der Waals surface area (Å²) in [5.41, 5.74) is 2.48. The zero-order valence-electron chi connectivity index (χ0n) is 16.1. The minimum Gasteiger partial charge on any atom is -0.493 e. The van der Waals surface area contributed by atoms with Gasteiger partial charge in [0.2, 0.25) is 0 Å². The van der Waals surface area contributed by atoms with Crippen molar-refractivity contribution in [2.24, 2.45) is 0 Å². The van der Waals surface area contributed by atoms with Crippen molar-refractivity contribution in [3.8, 4) is 11.5 Å². The van der Waals surface area contributed by atoms with Crippen molar-refractivity contribution in [1.29, 1.82) is 0 Å². The van der Waals surface area contributed by atoms with E-state index in [1.165, 1.54) is 18.4 Å². The van der Waals surface area contributed by atoms with E-state index in [0.29, 0.717) is 12.6 Å². The molecule has 0 amide bonds. The van der Waals surface area contributed by atoms with Crippen LogP contribution in [0, 0.1) is 0 Å². The fourth-order valence-electron chi connectivity index (χ4n) is 3.70. The summed E-state index contributed by atoms with van der Waals surface area (Å²) >= 11 is 3.44. The summed E-state index contributed by atoms with van der Waals surface area (Å²) in [5.74, 6) is 1.70. The highest BCUT2D eigenvalue weighted by Gasteiger charge is 2.21. The van der Waals surface area contributed by atoms with Crippen molar-refractivity contribution >= 4 is 22.7 Å². The van der Waals surface area contributed by atoms with Crippen LogP contribution in [0.4, 0.5) is 0 Å². The van der Waals surface area contributed by atoms with Crippen LogP contribution in [0.3, 0.4) is 0 Å². The number of rotatable bonds is 9. The second-order valence-electron chi connectivity index (χ2n) is 7.11. The van der Waals surface area contributed by atoms with E-state index in [4.69, 9.17) is 9.47 Å². The number of ether oxygens (including phenoxy) is 2. The molecule has 0 aliphatic heterocycles. The molecule has 1 saturated carbocycles. The van der Waals surface area contributed by atoms with E-state index in [2.05, 4.69) is 33.2 Å². The Balaban J connectivity index is 1.51. The van der Waals surface area contributed by atoms with Gasteiger partial charge in [-0.15, -0.1) is 11.3 Å². The Morgan fingerprint density at radius 2 is 2.11 bits per heavy atom. The van der Waals surface area contributed by atoms with Crippen LogP contribution in [0.15, 0.2) is 46.6 Å². The Morgan fingerprint density at radius 1 is 1.21 bits per heavy atom. The Kier molecular flexibility index (Phi) is 6.62. The lowest BCUT2D eigenvalue weighted by atomic mass is 10.1. The maximum atomic E-state index is 6.38. The van der Waals surface area contributed by atoms with Gasteiger partial charge in [0.05, 0.1) is 19.3 Å². The number of para-hydroxylation sites is 1. The molecule has 0 spiro atoms. The average Bonchev–Trinajstić information content (AvgIpc) is 3.49. The summed E-state index contributed by atoms with van der Waals surface area (Å²) in [5, 5.41) is 11.2. The molecular weight excluding hydrogens is 388 g/mol. The molecule has 1 aliphatic rings. The van der Waals surface area contributed by atoms with Crippen LogP contribution in [0.5, 0.6) is 11.5 Å². The molecular formula is C22H26N2O2S2. The SMILES string of the molecule is COc1cccc(CN[C@H](Cc2ccsc2)c2nccs2)c1OC1CCCC1. The van der Waals surface area contributed by atoms with Crippen LogP contribution in [0.1, 0.15) is 47.9 Å². The van der Waals surface area contributed by atoms with Crippen molar-refractivity contribution in [2.75, 3.05) is 7.11 Å². The van der Waals surface area contributed by atoms with E-state index in [1.54, 1.807) is 29.8 Å². The standard InChI is InChI=1S/C22H26N2O2S2/c1-25-20-8-4-5-17(21(20)26-18-6-2-3-7-18)14-24-19(22-23-10-12-28-22)13-16-9-11-27-15-16/h4-5,8-12,15,18-19,24H,2-3,6-7,13-14H2,1H3/t19-/m1/s1. The number of nitrogens with one attached hydrogen (secondary N) is 1. The van der Waals surface area contributed by atoms with Gasteiger partial charge in [-0.3, -0.25) is 0 Å². The zero-order chi connectivity index (χ0) is 19.2. The van der Waals surface area contributed by atoms with Gasteiger partial charge in [-0.05, 0) is 60.6 Å². The van der Waals surface area contributed by atoms with Gasteiger partial charge in [-0.25, -0.2) is 4.98 Å². The minimum atomic E-state index is 0.181. The molecule has 0 saturated heterocycles. The summed E-state index contributed by atoms with van der Waals surface area (Å²) in [7, 11) is 1.71. The van der Waals surface area contributed by atoms with Crippen molar-refractivity contribution < 1.29 is 9.47 Å². The zero-order valence-corrected chi connectivity index (χ0v) is 17.7. The van der Waals surface area contributed by atoms with Crippen LogP contribution in [0.25, 0.3) is 0 Å². The fraction of sp³-hybridized carbons (Fsp3) is 0.409. The summed E-state index contributed by atoms with van der Waals surface area (Å²) < 4.78 is 12.0. The van der Waals surface area contributed by atoms with Gasteiger partial charge < -0.3 is 14.8 Å². The molecule has 0 unspecified atom stereocenters. The molecule has 148 valence electrons. The first-order valence-electron chi connectivity index (χ1n) is 9.80. The third-order valence-electron chi connectivity index (χ3n) is 5.18. The van der Waals surface area contributed by atoms with Crippen LogP contribution < -0.4 is 14.8 Å². The highest BCUT2D eigenvalue weighted by atomic mass is 32.1. The third kappa shape index (κ3) is 4.74. The quantitative estimate of drug-likeness (QED) is 0.494. The Morgan fingerprint density at radius 3 is 2.82 bits per heavy atom. The summed E-state index contributed by atoms with van der Waals surface area (Å²) in [6.07, 6.45) is 7.87. The van der Waals surface area contributed by atoms with Gasteiger partial charge in [0.15, 0.2) is 11.5 Å². The van der Waals surface area contributed by atoms with Gasteiger partial charge in [-0.1, -0.05) is 12.1 Å². The van der Waals surface area contributed by atoms with E-state index < -0.39 is 0 Å². The highest BCUT2D eigenvalue weighted by Crippen LogP contribution is 2.35. The van der Waals surface area contributed by atoms with Crippen LogP contribution >= 0.6 is 22.7 Å². The molecule has 1 aromatic carbocycles. The first kappa shape index (κ1) is 19.4. The number of thiazole rings is 1. The Bertz CT molecular complexity index is 844. The number of methoxy groups -OCH3 is 1. The van der Waals surface area contributed by atoms with Crippen LogP contribution in [0.2, 0.25) is 0 Å². The molecule has 0 bridgehead atoms. The van der Waals surface area contributed by atoms with E-state index in [-0.39, 0.29) is 6.04 Å². The van der Waals surface area contributed by atoms with E-state index >= 15 is 0 Å². The fourth-order valence-corrected chi connectivity index (χ4v) is 5.09. The number of benzene rings is 1. The smallest absolute Gasteiger partial charge is 0.166 e. The predicted octanol–water partition coefficient (Wildman–Crippen LogP) is 5.61. The normalized spacial score (nSPS) is 15.6. The first-order chi connectivity index (χ1) is 13.8. The Hall–Kier alpha value is -1.89. The molecule has 2 aromatic heterocycles. The lowest BCUT2D eigenvalue weighted by molar-refractivity contribution is 0.198. The second-order valence-corrected chi connectivity index (χ2v) is 8.82. The molecule has 28 heavy (non-hydrogen) atoms. The van der Waals surface area contributed by atoms with Gasteiger partial charge in [0, 0.05) is 23.7 Å². The molecule has 6 heteroatoms. The largest absolute Gasteiger partial charge is 0.493 e. The summed E-state index contributed by atoms with van der Waals surface area (Å²) in [6.45, 7) is 0.716. The molecule has 1 atom stereocenters. The lowest BCUT2D eigenvalue weighted by Crippen LogP contribution is -2.23. The van der Waals surface area contributed by atoms with Crippen molar-refractivity contribution in [3.63, 3.8) is 0 Å². The predicted molar refractivity (Wildman–Crippen MR) is 116 cm³/mol. The van der Waals surface area contributed by atoms with Gasteiger partial charge in [0.1, 0.15) is 5.01 Å². The van der Waals surface area contributed by atoms with Gasteiger partial charge in [-0.2, -0.15) is 11.3 Å². The topological polar surface area (TPSA) is 43.4 Å². The third-order valence-corrected chi connectivity index (χ3v) is 6.80. The number of hydrogen-bond acceptors (Lipinski definition) is 6. The molecule has 4 rings (SSSR count). The average molecular weight is 415 g/mol.